The fourth-order valence-electron chi connectivity index (χ4n) is 2.44. The van der Waals surface area contributed by atoms with E-state index in [2.05, 4.69) is 5.32 Å². The van der Waals surface area contributed by atoms with Crippen LogP contribution in [0.1, 0.15) is 41.3 Å². The Balaban J connectivity index is 1.98. The van der Waals surface area contributed by atoms with E-state index in [0.717, 1.165) is 5.56 Å². The minimum absolute atomic E-state index is 0.104. The van der Waals surface area contributed by atoms with Gasteiger partial charge >= 0.3 is 5.97 Å². The van der Waals surface area contributed by atoms with Crippen LogP contribution in [0.3, 0.4) is 0 Å². The monoisotopic (exact) mass is 315 g/mol. The second kappa shape index (κ2) is 6.69. The van der Waals surface area contributed by atoms with E-state index in [9.17, 15) is 9.59 Å². The van der Waals surface area contributed by atoms with E-state index in [1.54, 1.807) is 6.92 Å². The molecule has 2 aromatic rings. The molecule has 0 radical (unpaired) electrons. The molecule has 0 unspecified atom stereocenters. The number of aryl methyl sites for hydroxylation is 1. The van der Waals surface area contributed by atoms with Gasteiger partial charge in [0.25, 0.3) is 0 Å². The minimum Gasteiger partial charge on any atom is -0.478 e. The first-order valence-electron chi connectivity index (χ1n) is 7.44. The van der Waals surface area contributed by atoms with E-state index in [1.807, 2.05) is 44.2 Å². The molecule has 2 N–H and O–H groups in total. The lowest BCUT2D eigenvalue weighted by Crippen LogP contribution is -2.37. The van der Waals surface area contributed by atoms with Gasteiger partial charge < -0.3 is 14.8 Å². The summed E-state index contributed by atoms with van der Waals surface area (Å²) in [6, 6.07) is 11.3. The normalized spacial score (nSPS) is 11.3. The highest BCUT2D eigenvalue weighted by molar-refractivity contribution is 5.88. The maximum Gasteiger partial charge on any atom is 0.339 e. The van der Waals surface area contributed by atoms with Crippen LogP contribution >= 0.6 is 0 Å². The Kier molecular flexibility index (Phi) is 4.89. The Bertz CT molecular complexity index is 701. The quantitative estimate of drug-likeness (QED) is 0.858. The summed E-state index contributed by atoms with van der Waals surface area (Å²) in [6.45, 7) is 5.52. The lowest BCUT2D eigenvalue weighted by Gasteiger charge is -2.23. The van der Waals surface area contributed by atoms with Crippen LogP contribution in [0.2, 0.25) is 0 Å². The van der Waals surface area contributed by atoms with Gasteiger partial charge in [-0.15, -0.1) is 0 Å². The van der Waals surface area contributed by atoms with Gasteiger partial charge in [-0.05, 0) is 25.0 Å². The zero-order valence-corrected chi connectivity index (χ0v) is 13.6. The first-order chi connectivity index (χ1) is 10.8. The number of hydrogen-bond donors (Lipinski definition) is 2. The smallest absolute Gasteiger partial charge is 0.339 e. The first-order valence-corrected chi connectivity index (χ1v) is 7.44. The number of amides is 1. The molecular formula is C18H21NO4. The van der Waals surface area contributed by atoms with Crippen LogP contribution in [0.4, 0.5) is 0 Å². The van der Waals surface area contributed by atoms with Gasteiger partial charge in [-0.2, -0.15) is 0 Å². The van der Waals surface area contributed by atoms with Crippen molar-refractivity contribution in [3.8, 4) is 0 Å². The van der Waals surface area contributed by atoms with Gasteiger partial charge in [0, 0.05) is 5.41 Å². The van der Waals surface area contributed by atoms with Crippen molar-refractivity contribution in [3.63, 3.8) is 0 Å². The summed E-state index contributed by atoms with van der Waals surface area (Å²) in [4.78, 5) is 23.4. The van der Waals surface area contributed by atoms with E-state index in [0.29, 0.717) is 17.9 Å². The fourth-order valence-corrected chi connectivity index (χ4v) is 2.44. The number of benzene rings is 1. The van der Waals surface area contributed by atoms with E-state index in [1.165, 1.54) is 6.07 Å². The fraction of sp³-hybridized carbons (Fsp3) is 0.333. The topological polar surface area (TPSA) is 79.5 Å². The highest BCUT2D eigenvalue weighted by atomic mass is 16.4. The second-order valence-corrected chi connectivity index (χ2v) is 6.22. The maximum atomic E-state index is 12.4. The number of rotatable bonds is 6. The van der Waals surface area contributed by atoms with Crippen LogP contribution in [0, 0.1) is 12.3 Å². The van der Waals surface area contributed by atoms with Gasteiger partial charge in [0.15, 0.2) is 0 Å². The van der Waals surface area contributed by atoms with Gasteiger partial charge in [0.1, 0.15) is 17.1 Å². The molecule has 0 fully saturated rings. The van der Waals surface area contributed by atoms with Crippen LogP contribution in [-0.4, -0.2) is 17.0 Å². The van der Waals surface area contributed by atoms with Crippen molar-refractivity contribution >= 4 is 11.9 Å². The molecule has 122 valence electrons. The van der Waals surface area contributed by atoms with Gasteiger partial charge in [-0.3, -0.25) is 4.79 Å². The van der Waals surface area contributed by atoms with Gasteiger partial charge in [0.05, 0.1) is 6.54 Å². The van der Waals surface area contributed by atoms with Crippen molar-refractivity contribution < 1.29 is 19.1 Å². The summed E-state index contributed by atoms with van der Waals surface area (Å²) in [6.07, 6.45) is 0.622. The molecular weight excluding hydrogens is 294 g/mol. The Morgan fingerprint density at radius 1 is 1.22 bits per heavy atom. The number of carboxylic acids is 1. The molecule has 0 aliphatic rings. The summed E-state index contributed by atoms with van der Waals surface area (Å²) in [5.74, 6) is -0.366. The average molecular weight is 315 g/mol. The van der Waals surface area contributed by atoms with Crippen molar-refractivity contribution in [2.75, 3.05) is 0 Å². The third-order valence-electron chi connectivity index (χ3n) is 3.73. The van der Waals surface area contributed by atoms with Crippen LogP contribution in [-0.2, 0) is 17.8 Å². The van der Waals surface area contributed by atoms with E-state index < -0.39 is 11.4 Å². The molecule has 0 bridgehead atoms. The SMILES string of the molecule is Cc1oc(CNC(=O)C(C)(C)Cc2ccccc2)cc1C(=O)O. The summed E-state index contributed by atoms with van der Waals surface area (Å²) in [5, 5.41) is 11.8. The second-order valence-electron chi connectivity index (χ2n) is 6.22. The molecule has 2 rings (SSSR count). The molecule has 0 saturated heterocycles. The van der Waals surface area contributed by atoms with E-state index >= 15 is 0 Å². The minimum atomic E-state index is -1.03. The van der Waals surface area contributed by atoms with E-state index in [-0.39, 0.29) is 18.0 Å². The van der Waals surface area contributed by atoms with Crippen LogP contribution in [0.5, 0.6) is 0 Å². The molecule has 0 saturated carbocycles. The number of carbonyl (C=O) groups is 2. The highest BCUT2D eigenvalue weighted by Crippen LogP contribution is 2.22. The zero-order chi connectivity index (χ0) is 17.0. The molecule has 5 heteroatoms. The lowest BCUT2D eigenvalue weighted by molar-refractivity contribution is -0.129. The van der Waals surface area contributed by atoms with Crippen molar-refractivity contribution in [1.29, 1.82) is 0 Å². The number of aromatic carboxylic acids is 1. The van der Waals surface area contributed by atoms with Crippen molar-refractivity contribution in [3.05, 3.63) is 59.0 Å². The highest BCUT2D eigenvalue weighted by Gasteiger charge is 2.28. The molecule has 1 aromatic heterocycles. The van der Waals surface area contributed by atoms with Crippen LogP contribution in [0.25, 0.3) is 0 Å². The number of furan rings is 1. The predicted molar refractivity (Wildman–Crippen MR) is 86.2 cm³/mol. The Morgan fingerprint density at radius 2 is 1.87 bits per heavy atom. The zero-order valence-electron chi connectivity index (χ0n) is 13.6. The Labute approximate surface area is 135 Å². The summed E-state index contributed by atoms with van der Waals surface area (Å²) in [7, 11) is 0. The third kappa shape index (κ3) is 4.22. The summed E-state index contributed by atoms with van der Waals surface area (Å²) >= 11 is 0. The van der Waals surface area contributed by atoms with Crippen LogP contribution < -0.4 is 5.32 Å². The molecule has 0 atom stereocenters. The number of hydrogen-bond acceptors (Lipinski definition) is 3. The third-order valence-corrected chi connectivity index (χ3v) is 3.73. The lowest BCUT2D eigenvalue weighted by atomic mass is 9.85. The molecule has 0 aliphatic heterocycles. The number of nitrogens with one attached hydrogen (secondary N) is 1. The molecule has 1 heterocycles. The van der Waals surface area contributed by atoms with Gasteiger partial charge in [-0.1, -0.05) is 44.2 Å². The van der Waals surface area contributed by atoms with Gasteiger partial charge in [0.2, 0.25) is 5.91 Å². The summed E-state index contributed by atoms with van der Waals surface area (Å²) < 4.78 is 5.36. The van der Waals surface area contributed by atoms with Crippen LogP contribution in [0.15, 0.2) is 40.8 Å². The predicted octanol–water partition coefficient (Wildman–Crippen LogP) is 3.17. The molecule has 1 aromatic carbocycles. The van der Waals surface area contributed by atoms with Crippen molar-refractivity contribution in [2.45, 2.75) is 33.7 Å². The molecule has 1 amide bonds. The number of carbonyl (C=O) groups excluding carboxylic acids is 1. The first kappa shape index (κ1) is 16.8. The standard InChI is InChI=1S/C18H21NO4/c1-12-15(16(20)21)9-14(23-12)11-19-17(22)18(2,3)10-13-7-5-4-6-8-13/h4-9H,10-11H2,1-3H3,(H,19,22)(H,20,21). The van der Waals surface area contributed by atoms with Crippen molar-refractivity contribution in [1.82, 2.24) is 5.32 Å². The summed E-state index contributed by atoms with van der Waals surface area (Å²) in [5.41, 5.74) is 0.644. The molecule has 0 spiro atoms. The average Bonchev–Trinajstić information content (AvgIpc) is 2.86. The molecule has 23 heavy (non-hydrogen) atoms. The number of carboxylic acid groups (broad SMARTS) is 1. The Morgan fingerprint density at radius 3 is 2.43 bits per heavy atom. The van der Waals surface area contributed by atoms with Crippen molar-refractivity contribution in [2.24, 2.45) is 5.41 Å². The van der Waals surface area contributed by atoms with E-state index in [4.69, 9.17) is 9.52 Å². The largest absolute Gasteiger partial charge is 0.478 e. The Hall–Kier alpha value is -2.56. The molecule has 0 aliphatic carbocycles. The molecule has 5 nitrogen and oxygen atoms in total. The van der Waals surface area contributed by atoms with Gasteiger partial charge in [-0.25, -0.2) is 4.79 Å². The maximum absolute atomic E-state index is 12.4.